The number of hydrogen-bond donors (Lipinski definition) is 0. The molecule has 0 bridgehead atoms. The molecule has 0 spiro atoms. The number of rotatable bonds is 3. The van der Waals surface area contributed by atoms with Crippen LogP contribution in [0.15, 0.2) is 24.3 Å². The second-order valence-corrected chi connectivity index (χ2v) is 4.82. The first-order valence-corrected chi connectivity index (χ1v) is 6.30. The number of nitrogens with zero attached hydrogens (tertiary/aromatic N) is 3. The standard InChI is InChI=1S/C13H19N3O2/c1-14-7-4-8-15(10-9-14)11-12-5-2-3-6-13(12)16(17)18/h2-3,5-6H,4,7-11H2,1H3. The van der Waals surface area contributed by atoms with Gasteiger partial charge in [-0.2, -0.15) is 0 Å². The molecule has 1 fully saturated rings. The second-order valence-electron chi connectivity index (χ2n) is 4.82. The Bertz CT molecular complexity index is 422. The smallest absolute Gasteiger partial charge is 0.273 e. The quantitative estimate of drug-likeness (QED) is 0.604. The molecular formula is C13H19N3O2. The average Bonchev–Trinajstić information content (AvgIpc) is 2.55. The van der Waals surface area contributed by atoms with Gasteiger partial charge in [0.2, 0.25) is 0 Å². The van der Waals surface area contributed by atoms with Gasteiger partial charge in [0.25, 0.3) is 5.69 Å². The minimum absolute atomic E-state index is 0.232. The summed E-state index contributed by atoms with van der Waals surface area (Å²) in [6.45, 7) is 4.79. The third-order valence-electron chi connectivity index (χ3n) is 3.39. The molecule has 2 rings (SSSR count). The monoisotopic (exact) mass is 249 g/mol. The summed E-state index contributed by atoms with van der Waals surface area (Å²) in [7, 11) is 2.12. The fraction of sp³-hybridized carbons (Fsp3) is 0.538. The normalized spacial score (nSPS) is 18.5. The van der Waals surface area contributed by atoms with E-state index in [2.05, 4.69) is 16.8 Å². The molecule has 1 saturated heterocycles. The second kappa shape index (κ2) is 5.93. The molecule has 0 atom stereocenters. The third kappa shape index (κ3) is 3.27. The topological polar surface area (TPSA) is 49.6 Å². The van der Waals surface area contributed by atoms with E-state index >= 15 is 0 Å². The zero-order valence-corrected chi connectivity index (χ0v) is 10.7. The van der Waals surface area contributed by atoms with Crippen molar-refractivity contribution in [1.82, 2.24) is 9.80 Å². The Morgan fingerprint density at radius 3 is 2.78 bits per heavy atom. The molecule has 1 heterocycles. The number of likely N-dealkylation sites (N-methyl/N-ethyl adjacent to an activating group) is 1. The third-order valence-corrected chi connectivity index (χ3v) is 3.39. The fourth-order valence-corrected chi connectivity index (χ4v) is 2.32. The minimum atomic E-state index is -0.292. The SMILES string of the molecule is CN1CCCN(Cc2ccccc2[N+](=O)[O-])CC1. The highest BCUT2D eigenvalue weighted by atomic mass is 16.6. The maximum Gasteiger partial charge on any atom is 0.273 e. The van der Waals surface area contributed by atoms with Gasteiger partial charge in [-0.1, -0.05) is 18.2 Å². The number of benzene rings is 1. The lowest BCUT2D eigenvalue weighted by atomic mass is 10.1. The molecule has 0 aliphatic carbocycles. The molecular weight excluding hydrogens is 230 g/mol. The first-order valence-electron chi connectivity index (χ1n) is 6.30. The molecule has 1 aliphatic heterocycles. The largest absolute Gasteiger partial charge is 0.305 e. The number of hydrogen-bond acceptors (Lipinski definition) is 4. The van der Waals surface area contributed by atoms with Crippen molar-refractivity contribution < 1.29 is 4.92 Å². The Balaban J connectivity index is 2.06. The Morgan fingerprint density at radius 2 is 2.00 bits per heavy atom. The predicted octanol–water partition coefficient (Wildman–Crippen LogP) is 1.73. The lowest BCUT2D eigenvalue weighted by Gasteiger charge is -2.19. The van der Waals surface area contributed by atoms with Crippen LogP contribution in [0.2, 0.25) is 0 Å². The van der Waals surface area contributed by atoms with Gasteiger partial charge in [-0.25, -0.2) is 0 Å². The Kier molecular flexibility index (Phi) is 4.28. The minimum Gasteiger partial charge on any atom is -0.305 e. The first-order chi connectivity index (χ1) is 8.66. The van der Waals surface area contributed by atoms with Gasteiger partial charge in [0.15, 0.2) is 0 Å². The van der Waals surface area contributed by atoms with Gasteiger partial charge in [-0.15, -0.1) is 0 Å². The maximum atomic E-state index is 11.0. The van der Waals surface area contributed by atoms with Crippen molar-refractivity contribution in [3.05, 3.63) is 39.9 Å². The van der Waals surface area contributed by atoms with Crippen LogP contribution >= 0.6 is 0 Å². The van der Waals surface area contributed by atoms with Crippen molar-refractivity contribution in [3.8, 4) is 0 Å². The molecule has 5 nitrogen and oxygen atoms in total. The van der Waals surface area contributed by atoms with Crippen LogP contribution in [0.3, 0.4) is 0 Å². The summed E-state index contributed by atoms with van der Waals surface area (Å²) in [5.74, 6) is 0. The summed E-state index contributed by atoms with van der Waals surface area (Å²) in [6, 6.07) is 7.02. The van der Waals surface area contributed by atoms with Gasteiger partial charge >= 0.3 is 0 Å². The number of nitro benzene ring substituents is 1. The summed E-state index contributed by atoms with van der Waals surface area (Å²) >= 11 is 0. The zero-order valence-electron chi connectivity index (χ0n) is 10.7. The molecule has 0 amide bonds. The van der Waals surface area contributed by atoms with Gasteiger partial charge in [-0.05, 0) is 26.6 Å². The number of nitro groups is 1. The molecule has 18 heavy (non-hydrogen) atoms. The van der Waals surface area contributed by atoms with Crippen LogP contribution in [0.1, 0.15) is 12.0 Å². The molecule has 98 valence electrons. The van der Waals surface area contributed by atoms with Crippen LogP contribution in [0.25, 0.3) is 0 Å². The van der Waals surface area contributed by atoms with E-state index in [4.69, 9.17) is 0 Å². The highest BCUT2D eigenvalue weighted by molar-refractivity contribution is 5.39. The van der Waals surface area contributed by atoms with Crippen molar-refractivity contribution in [2.45, 2.75) is 13.0 Å². The van der Waals surface area contributed by atoms with Crippen molar-refractivity contribution >= 4 is 5.69 Å². The zero-order chi connectivity index (χ0) is 13.0. The van der Waals surface area contributed by atoms with Crippen molar-refractivity contribution in [3.63, 3.8) is 0 Å². The summed E-state index contributed by atoms with van der Waals surface area (Å²) in [5.41, 5.74) is 1.04. The van der Waals surface area contributed by atoms with Crippen LogP contribution in [0, 0.1) is 10.1 Å². The summed E-state index contributed by atoms with van der Waals surface area (Å²) < 4.78 is 0. The van der Waals surface area contributed by atoms with Crippen LogP contribution in [0.4, 0.5) is 5.69 Å². The summed E-state index contributed by atoms with van der Waals surface area (Å²) in [6.07, 6.45) is 1.12. The highest BCUT2D eigenvalue weighted by Crippen LogP contribution is 2.20. The Labute approximate surface area is 107 Å². The van der Waals surface area contributed by atoms with E-state index in [1.54, 1.807) is 12.1 Å². The van der Waals surface area contributed by atoms with E-state index in [9.17, 15) is 10.1 Å². The van der Waals surface area contributed by atoms with E-state index in [0.29, 0.717) is 6.54 Å². The average molecular weight is 249 g/mol. The predicted molar refractivity (Wildman–Crippen MR) is 70.5 cm³/mol. The van der Waals surface area contributed by atoms with E-state index in [-0.39, 0.29) is 10.6 Å². The molecule has 0 saturated carbocycles. The lowest BCUT2D eigenvalue weighted by molar-refractivity contribution is -0.385. The van der Waals surface area contributed by atoms with E-state index in [0.717, 1.165) is 38.2 Å². The summed E-state index contributed by atoms with van der Waals surface area (Å²) in [5, 5.41) is 11.0. The van der Waals surface area contributed by atoms with Crippen LogP contribution in [-0.4, -0.2) is 47.9 Å². The van der Waals surface area contributed by atoms with E-state index in [1.807, 2.05) is 12.1 Å². The van der Waals surface area contributed by atoms with E-state index in [1.165, 1.54) is 0 Å². The molecule has 0 N–H and O–H groups in total. The Morgan fingerprint density at radius 1 is 1.22 bits per heavy atom. The van der Waals surface area contributed by atoms with Crippen LogP contribution in [0.5, 0.6) is 0 Å². The van der Waals surface area contributed by atoms with Gasteiger partial charge in [0.05, 0.1) is 4.92 Å². The van der Waals surface area contributed by atoms with Crippen molar-refractivity contribution in [2.75, 3.05) is 33.2 Å². The van der Waals surface area contributed by atoms with Gasteiger partial charge in [0.1, 0.15) is 0 Å². The van der Waals surface area contributed by atoms with Gasteiger partial charge in [-0.3, -0.25) is 15.0 Å². The lowest BCUT2D eigenvalue weighted by Crippen LogP contribution is -2.28. The van der Waals surface area contributed by atoms with Gasteiger partial charge < -0.3 is 4.90 Å². The molecule has 0 radical (unpaired) electrons. The summed E-state index contributed by atoms with van der Waals surface area (Å²) in [4.78, 5) is 15.3. The molecule has 0 unspecified atom stereocenters. The molecule has 1 aromatic rings. The van der Waals surface area contributed by atoms with Gasteiger partial charge in [0, 0.05) is 31.3 Å². The molecule has 0 aromatic heterocycles. The van der Waals surface area contributed by atoms with Crippen LogP contribution in [-0.2, 0) is 6.54 Å². The molecule has 1 aromatic carbocycles. The van der Waals surface area contributed by atoms with E-state index < -0.39 is 0 Å². The van der Waals surface area contributed by atoms with Crippen molar-refractivity contribution in [2.24, 2.45) is 0 Å². The molecule has 1 aliphatic rings. The fourth-order valence-electron chi connectivity index (χ4n) is 2.32. The maximum absolute atomic E-state index is 11.0. The highest BCUT2D eigenvalue weighted by Gasteiger charge is 2.17. The number of para-hydroxylation sites is 1. The van der Waals surface area contributed by atoms with Crippen molar-refractivity contribution in [1.29, 1.82) is 0 Å². The molecule has 5 heteroatoms. The van der Waals surface area contributed by atoms with Crippen LogP contribution < -0.4 is 0 Å². The Hall–Kier alpha value is -1.46. The first kappa shape index (κ1) is 13.0.